The Morgan fingerprint density at radius 3 is 2.80 bits per heavy atom. The summed E-state index contributed by atoms with van der Waals surface area (Å²) < 4.78 is 6.19. The van der Waals surface area contributed by atoms with Gasteiger partial charge < -0.3 is 15.0 Å². The van der Waals surface area contributed by atoms with E-state index in [1.807, 2.05) is 35.2 Å². The SMILES string of the molecule is O=C1CCCN1CCCNCc1c(OCc2cccc(Cl)c2)ccc2ccccc12. The van der Waals surface area contributed by atoms with E-state index in [-0.39, 0.29) is 0 Å². The van der Waals surface area contributed by atoms with E-state index in [9.17, 15) is 4.79 Å². The molecule has 0 atom stereocenters. The lowest BCUT2D eigenvalue weighted by atomic mass is 10.0. The number of carbonyl (C=O) groups excluding carboxylic acids is 1. The molecule has 1 aliphatic heterocycles. The Morgan fingerprint density at radius 1 is 1.07 bits per heavy atom. The molecule has 4 rings (SSSR count). The number of rotatable bonds is 9. The van der Waals surface area contributed by atoms with Crippen LogP contribution in [-0.4, -0.2) is 30.4 Å². The van der Waals surface area contributed by atoms with Crippen LogP contribution in [0, 0.1) is 0 Å². The van der Waals surface area contributed by atoms with Crippen molar-refractivity contribution in [2.24, 2.45) is 0 Å². The van der Waals surface area contributed by atoms with Crippen LogP contribution >= 0.6 is 11.6 Å². The van der Waals surface area contributed by atoms with Crippen molar-refractivity contribution in [3.63, 3.8) is 0 Å². The average Bonchev–Trinajstić information content (AvgIpc) is 3.17. The summed E-state index contributed by atoms with van der Waals surface area (Å²) in [7, 11) is 0. The van der Waals surface area contributed by atoms with Crippen molar-refractivity contribution in [3.05, 3.63) is 76.8 Å². The molecule has 4 nitrogen and oxygen atoms in total. The molecule has 1 amide bonds. The molecule has 0 aromatic heterocycles. The molecular weight excluding hydrogens is 396 g/mol. The first-order valence-corrected chi connectivity index (χ1v) is 10.9. The molecule has 0 radical (unpaired) electrons. The van der Waals surface area contributed by atoms with E-state index in [0.29, 0.717) is 24.0 Å². The van der Waals surface area contributed by atoms with Crippen molar-refractivity contribution in [1.29, 1.82) is 0 Å². The van der Waals surface area contributed by atoms with Gasteiger partial charge in [-0.2, -0.15) is 0 Å². The molecule has 5 heteroatoms. The van der Waals surface area contributed by atoms with Gasteiger partial charge in [0.2, 0.25) is 5.91 Å². The summed E-state index contributed by atoms with van der Waals surface area (Å²) in [5.41, 5.74) is 2.21. The van der Waals surface area contributed by atoms with Crippen LogP contribution < -0.4 is 10.1 Å². The predicted molar refractivity (Wildman–Crippen MR) is 122 cm³/mol. The number of amides is 1. The van der Waals surface area contributed by atoms with Gasteiger partial charge in [-0.25, -0.2) is 0 Å². The average molecular weight is 423 g/mol. The molecule has 1 N–H and O–H groups in total. The van der Waals surface area contributed by atoms with Gasteiger partial charge in [0.1, 0.15) is 12.4 Å². The Kier molecular flexibility index (Phi) is 6.88. The van der Waals surface area contributed by atoms with Crippen LogP contribution in [0.25, 0.3) is 10.8 Å². The molecule has 1 heterocycles. The fraction of sp³-hybridized carbons (Fsp3) is 0.320. The van der Waals surface area contributed by atoms with Crippen molar-refractivity contribution in [1.82, 2.24) is 10.2 Å². The van der Waals surface area contributed by atoms with E-state index in [4.69, 9.17) is 16.3 Å². The van der Waals surface area contributed by atoms with Crippen molar-refractivity contribution < 1.29 is 9.53 Å². The van der Waals surface area contributed by atoms with E-state index < -0.39 is 0 Å². The summed E-state index contributed by atoms with van der Waals surface area (Å²) in [6, 6.07) is 20.3. The molecule has 1 saturated heterocycles. The third-order valence-electron chi connectivity index (χ3n) is 5.54. The van der Waals surface area contributed by atoms with E-state index >= 15 is 0 Å². The van der Waals surface area contributed by atoms with Crippen LogP contribution in [0.3, 0.4) is 0 Å². The molecule has 3 aromatic rings. The molecule has 1 aliphatic rings. The summed E-state index contributed by atoms with van der Waals surface area (Å²) in [5, 5.41) is 6.66. The molecule has 0 spiro atoms. The van der Waals surface area contributed by atoms with E-state index in [1.54, 1.807) is 0 Å². The highest BCUT2D eigenvalue weighted by Crippen LogP contribution is 2.29. The highest BCUT2D eigenvalue weighted by molar-refractivity contribution is 6.30. The topological polar surface area (TPSA) is 41.6 Å². The van der Waals surface area contributed by atoms with Gasteiger partial charge in [-0.3, -0.25) is 4.79 Å². The van der Waals surface area contributed by atoms with Gasteiger partial charge in [0.25, 0.3) is 0 Å². The zero-order chi connectivity index (χ0) is 20.8. The minimum atomic E-state index is 0.292. The molecular formula is C25H27ClN2O2. The second-order valence-corrected chi connectivity index (χ2v) is 8.13. The second kappa shape index (κ2) is 9.96. The lowest BCUT2D eigenvalue weighted by Gasteiger charge is -2.17. The van der Waals surface area contributed by atoms with Crippen LogP contribution in [0.15, 0.2) is 60.7 Å². The first-order valence-electron chi connectivity index (χ1n) is 10.6. The minimum absolute atomic E-state index is 0.292. The molecule has 0 aliphatic carbocycles. The summed E-state index contributed by atoms with van der Waals surface area (Å²) in [5.74, 6) is 1.18. The van der Waals surface area contributed by atoms with Gasteiger partial charge in [-0.1, -0.05) is 54.1 Å². The van der Waals surface area contributed by atoms with Crippen molar-refractivity contribution in [2.75, 3.05) is 19.6 Å². The third kappa shape index (κ3) is 5.13. The fourth-order valence-corrected chi connectivity index (χ4v) is 4.18. The maximum atomic E-state index is 11.7. The lowest BCUT2D eigenvalue weighted by molar-refractivity contribution is -0.127. The van der Waals surface area contributed by atoms with Gasteiger partial charge in [0.05, 0.1) is 0 Å². The zero-order valence-corrected chi connectivity index (χ0v) is 17.8. The number of ether oxygens (including phenoxy) is 1. The standard InChI is InChI=1S/C25H27ClN2O2/c26-21-8-3-6-19(16-21)18-30-24-12-11-20-7-1-2-9-22(20)23(24)17-27-13-5-15-28-14-4-10-25(28)29/h1-3,6-9,11-12,16,27H,4-5,10,13-15,17-18H2. The van der Waals surface area contributed by atoms with Crippen molar-refractivity contribution >= 4 is 28.3 Å². The Morgan fingerprint density at radius 2 is 1.97 bits per heavy atom. The number of likely N-dealkylation sites (tertiary alicyclic amines) is 1. The van der Waals surface area contributed by atoms with Gasteiger partial charge in [0, 0.05) is 36.6 Å². The van der Waals surface area contributed by atoms with Crippen LogP contribution in [0.4, 0.5) is 0 Å². The van der Waals surface area contributed by atoms with E-state index in [0.717, 1.165) is 55.9 Å². The molecule has 156 valence electrons. The largest absolute Gasteiger partial charge is 0.489 e. The Bertz CT molecular complexity index is 1020. The number of hydrogen-bond donors (Lipinski definition) is 1. The molecule has 0 saturated carbocycles. The van der Waals surface area contributed by atoms with Gasteiger partial charge in [-0.15, -0.1) is 0 Å². The van der Waals surface area contributed by atoms with E-state index in [2.05, 4.69) is 35.6 Å². The van der Waals surface area contributed by atoms with Gasteiger partial charge in [-0.05, 0) is 53.9 Å². The molecule has 0 bridgehead atoms. The number of nitrogens with one attached hydrogen (secondary N) is 1. The Hall–Kier alpha value is -2.56. The number of carbonyl (C=O) groups is 1. The zero-order valence-electron chi connectivity index (χ0n) is 17.1. The number of nitrogens with zero attached hydrogens (tertiary/aromatic N) is 1. The van der Waals surface area contributed by atoms with Crippen LogP contribution in [0.5, 0.6) is 5.75 Å². The molecule has 1 fully saturated rings. The van der Waals surface area contributed by atoms with Crippen LogP contribution in [-0.2, 0) is 17.9 Å². The van der Waals surface area contributed by atoms with Crippen LogP contribution in [0.2, 0.25) is 5.02 Å². The number of halogens is 1. The maximum Gasteiger partial charge on any atom is 0.222 e. The number of fused-ring (bicyclic) bond motifs is 1. The summed E-state index contributed by atoms with van der Waals surface area (Å²) in [6.07, 6.45) is 2.65. The van der Waals surface area contributed by atoms with Crippen molar-refractivity contribution in [3.8, 4) is 5.75 Å². The van der Waals surface area contributed by atoms with Crippen molar-refractivity contribution in [2.45, 2.75) is 32.4 Å². The lowest BCUT2D eigenvalue weighted by Crippen LogP contribution is -2.28. The smallest absolute Gasteiger partial charge is 0.222 e. The van der Waals surface area contributed by atoms with E-state index in [1.165, 1.54) is 10.8 Å². The second-order valence-electron chi connectivity index (χ2n) is 7.70. The summed E-state index contributed by atoms with van der Waals surface area (Å²) >= 11 is 6.10. The minimum Gasteiger partial charge on any atom is -0.489 e. The highest BCUT2D eigenvalue weighted by atomic mass is 35.5. The predicted octanol–water partition coefficient (Wildman–Crippen LogP) is 5.17. The first kappa shape index (κ1) is 20.7. The first-order chi connectivity index (χ1) is 14.7. The fourth-order valence-electron chi connectivity index (χ4n) is 3.97. The Labute approximate surface area is 182 Å². The number of benzene rings is 3. The molecule has 30 heavy (non-hydrogen) atoms. The summed E-state index contributed by atoms with van der Waals surface area (Å²) in [4.78, 5) is 13.7. The van der Waals surface area contributed by atoms with Gasteiger partial charge in [0.15, 0.2) is 0 Å². The normalized spacial score (nSPS) is 13.9. The highest BCUT2D eigenvalue weighted by Gasteiger charge is 2.19. The quantitative estimate of drug-likeness (QED) is 0.483. The van der Waals surface area contributed by atoms with Gasteiger partial charge >= 0.3 is 0 Å². The van der Waals surface area contributed by atoms with Crippen LogP contribution in [0.1, 0.15) is 30.4 Å². The third-order valence-corrected chi connectivity index (χ3v) is 5.77. The molecule has 0 unspecified atom stereocenters. The monoisotopic (exact) mass is 422 g/mol. The molecule has 3 aromatic carbocycles. The maximum absolute atomic E-state index is 11.7. The number of hydrogen-bond acceptors (Lipinski definition) is 3. The summed E-state index contributed by atoms with van der Waals surface area (Å²) in [6.45, 7) is 3.80. The Balaban J connectivity index is 1.41.